The summed E-state index contributed by atoms with van der Waals surface area (Å²) in [6.07, 6.45) is 2.41. The van der Waals surface area contributed by atoms with Gasteiger partial charge in [-0.05, 0) is 19.3 Å². The molecule has 84 valence electrons. The minimum Gasteiger partial charge on any atom is -0.391 e. The molecule has 1 aliphatic rings. The molecule has 0 amide bonds. The smallest absolute Gasteiger partial charge is 0.246 e. The van der Waals surface area contributed by atoms with Crippen LogP contribution in [-0.2, 0) is 0 Å². The Morgan fingerprint density at radius 1 is 1.47 bits per heavy atom. The van der Waals surface area contributed by atoms with E-state index in [1.165, 1.54) is 0 Å². The lowest BCUT2D eigenvalue weighted by Crippen LogP contribution is -2.21. The van der Waals surface area contributed by atoms with E-state index in [2.05, 4.69) is 10.1 Å². The molecule has 6 nitrogen and oxygen atoms in total. The number of anilines is 2. The summed E-state index contributed by atoms with van der Waals surface area (Å²) >= 11 is 0. The number of nitrogens with zero attached hydrogens (tertiary/aromatic N) is 4. The van der Waals surface area contributed by atoms with Gasteiger partial charge in [0.1, 0.15) is 0 Å². The van der Waals surface area contributed by atoms with E-state index in [1.54, 1.807) is 9.58 Å². The lowest BCUT2D eigenvalue weighted by Gasteiger charge is -2.15. The van der Waals surface area contributed by atoms with Crippen LogP contribution in [0.5, 0.6) is 0 Å². The summed E-state index contributed by atoms with van der Waals surface area (Å²) in [7, 11) is 3.73. The van der Waals surface area contributed by atoms with E-state index in [-0.39, 0.29) is 12.1 Å². The predicted molar refractivity (Wildman–Crippen MR) is 57.7 cm³/mol. The van der Waals surface area contributed by atoms with Crippen molar-refractivity contribution in [1.82, 2.24) is 14.8 Å². The van der Waals surface area contributed by atoms with Crippen LogP contribution in [0.25, 0.3) is 0 Å². The van der Waals surface area contributed by atoms with Gasteiger partial charge in [-0.15, -0.1) is 5.10 Å². The van der Waals surface area contributed by atoms with Gasteiger partial charge in [-0.2, -0.15) is 4.98 Å². The van der Waals surface area contributed by atoms with Crippen LogP contribution in [0.3, 0.4) is 0 Å². The summed E-state index contributed by atoms with van der Waals surface area (Å²) < 4.78 is 1.65. The Labute approximate surface area is 88.7 Å². The molecule has 2 rings (SSSR count). The zero-order valence-corrected chi connectivity index (χ0v) is 9.09. The average molecular weight is 211 g/mol. The van der Waals surface area contributed by atoms with Gasteiger partial charge in [-0.3, -0.25) is 0 Å². The first-order valence-electron chi connectivity index (χ1n) is 5.17. The Morgan fingerprint density at radius 2 is 2.20 bits per heavy atom. The number of rotatable bonds is 2. The number of hydrogen-bond acceptors (Lipinski definition) is 5. The first kappa shape index (κ1) is 10.2. The fraction of sp³-hybridized carbons (Fsp3) is 0.778. The van der Waals surface area contributed by atoms with Gasteiger partial charge in [0.05, 0.1) is 12.1 Å². The highest BCUT2D eigenvalue weighted by Crippen LogP contribution is 2.31. The lowest BCUT2D eigenvalue weighted by atomic mass is 10.2. The maximum Gasteiger partial charge on any atom is 0.246 e. The Balaban J connectivity index is 2.27. The number of nitrogens with two attached hydrogens (primary N) is 1. The first-order valence-corrected chi connectivity index (χ1v) is 5.17. The number of aromatic nitrogens is 3. The van der Waals surface area contributed by atoms with Gasteiger partial charge in [0.15, 0.2) is 0 Å². The van der Waals surface area contributed by atoms with Gasteiger partial charge in [0.2, 0.25) is 11.9 Å². The quantitative estimate of drug-likeness (QED) is 0.720. The SMILES string of the molecule is CN(C)c1nc(N)n(C2CCCC2O)n1. The Kier molecular flexibility index (Phi) is 2.52. The molecular formula is C9H17N5O. The number of nitrogen functional groups attached to an aromatic ring is 1. The molecule has 6 heteroatoms. The normalized spacial score (nSPS) is 25.8. The van der Waals surface area contributed by atoms with Crippen LogP contribution >= 0.6 is 0 Å². The summed E-state index contributed by atoms with van der Waals surface area (Å²) in [6, 6.07) is -0.00815. The van der Waals surface area contributed by atoms with Crippen LogP contribution in [0.1, 0.15) is 25.3 Å². The second-order valence-corrected chi connectivity index (χ2v) is 4.17. The zero-order chi connectivity index (χ0) is 11.0. The summed E-state index contributed by atoms with van der Waals surface area (Å²) in [5, 5.41) is 14.0. The molecule has 1 aromatic heterocycles. The number of aliphatic hydroxyl groups excluding tert-OH is 1. The minimum absolute atomic E-state index is 0.00815. The van der Waals surface area contributed by atoms with Crippen molar-refractivity contribution < 1.29 is 5.11 Å². The standard InChI is InChI=1S/C9H17N5O/c1-13(2)9-11-8(10)14(12-9)6-4-3-5-7(6)15/h6-7,15H,3-5H2,1-2H3,(H2,10,11,12). The summed E-state index contributed by atoms with van der Waals surface area (Å²) in [5.74, 6) is 0.969. The van der Waals surface area contributed by atoms with Crippen molar-refractivity contribution in [2.45, 2.75) is 31.4 Å². The van der Waals surface area contributed by atoms with E-state index in [1.807, 2.05) is 14.1 Å². The number of aliphatic hydroxyl groups is 1. The molecule has 15 heavy (non-hydrogen) atoms. The Morgan fingerprint density at radius 3 is 2.67 bits per heavy atom. The largest absolute Gasteiger partial charge is 0.391 e. The molecule has 2 atom stereocenters. The van der Waals surface area contributed by atoms with E-state index in [0.717, 1.165) is 19.3 Å². The average Bonchev–Trinajstić information content (AvgIpc) is 2.71. The summed E-state index contributed by atoms with van der Waals surface area (Å²) in [5.41, 5.74) is 5.77. The van der Waals surface area contributed by atoms with Gasteiger partial charge in [0.25, 0.3) is 0 Å². The van der Waals surface area contributed by atoms with Gasteiger partial charge < -0.3 is 15.7 Å². The molecule has 1 aliphatic carbocycles. The molecule has 0 spiro atoms. The minimum atomic E-state index is -0.344. The summed E-state index contributed by atoms with van der Waals surface area (Å²) in [6.45, 7) is 0. The fourth-order valence-electron chi connectivity index (χ4n) is 1.96. The van der Waals surface area contributed by atoms with E-state index in [0.29, 0.717) is 11.9 Å². The molecule has 2 unspecified atom stereocenters. The van der Waals surface area contributed by atoms with Crippen molar-refractivity contribution in [2.75, 3.05) is 24.7 Å². The molecule has 0 saturated heterocycles. The van der Waals surface area contributed by atoms with Gasteiger partial charge in [-0.25, -0.2) is 4.68 Å². The highest BCUT2D eigenvalue weighted by molar-refractivity contribution is 5.33. The van der Waals surface area contributed by atoms with Crippen molar-refractivity contribution in [2.24, 2.45) is 0 Å². The van der Waals surface area contributed by atoms with Crippen LogP contribution in [0.2, 0.25) is 0 Å². The first-order chi connectivity index (χ1) is 7.09. The van der Waals surface area contributed by atoms with Gasteiger partial charge in [0, 0.05) is 14.1 Å². The predicted octanol–water partition coefficient (Wildman–Crippen LogP) is 0.0122. The molecule has 1 saturated carbocycles. The maximum absolute atomic E-state index is 9.76. The van der Waals surface area contributed by atoms with Gasteiger partial charge in [-0.1, -0.05) is 0 Å². The molecule has 0 aromatic carbocycles. The molecule has 0 aliphatic heterocycles. The van der Waals surface area contributed by atoms with Crippen LogP contribution in [0.15, 0.2) is 0 Å². The van der Waals surface area contributed by atoms with E-state index in [4.69, 9.17) is 5.73 Å². The molecule has 3 N–H and O–H groups in total. The molecular weight excluding hydrogens is 194 g/mol. The van der Waals surface area contributed by atoms with Crippen molar-refractivity contribution in [1.29, 1.82) is 0 Å². The van der Waals surface area contributed by atoms with Gasteiger partial charge >= 0.3 is 0 Å². The van der Waals surface area contributed by atoms with Crippen molar-refractivity contribution in [3.8, 4) is 0 Å². The topological polar surface area (TPSA) is 80.2 Å². The second kappa shape index (κ2) is 3.69. The van der Waals surface area contributed by atoms with Crippen LogP contribution < -0.4 is 10.6 Å². The fourth-order valence-corrected chi connectivity index (χ4v) is 1.96. The van der Waals surface area contributed by atoms with Crippen LogP contribution in [-0.4, -0.2) is 40.1 Å². The van der Waals surface area contributed by atoms with Crippen LogP contribution in [0.4, 0.5) is 11.9 Å². The lowest BCUT2D eigenvalue weighted by molar-refractivity contribution is 0.131. The molecule has 0 bridgehead atoms. The van der Waals surface area contributed by atoms with E-state index < -0.39 is 0 Å². The second-order valence-electron chi connectivity index (χ2n) is 4.17. The Bertz CT molecular complexity index is 348. The van der Waals surface area contributed by atoms with E-state index in [9.17, 15) is 5.11 Å². The third-order valence-corrected chi connectivity index (χ3v) is 2.80. The number of hydrogen-bond donors (Lipinski definition) is 2. The monoisotopic (exact) mass is 211 g/mol. The highest BCUT2D eigenvalue weighted by Gasteiger charge is 2.29. The molecule has 0 radical (unpaired) electrons. The van der Waals surface area contributed by atoms with Crippen LogP contribution in [0, 0.1) is 0 Å². The third-order valence-electron chi connectivity index (χ3n) is 2.80. The molecule has 1 aromatic rings. The van der Waals surface area contributed by atoms with E-state index >= 15 is 0 Å². The summed E-state index contributed by atoms with van der Waals surface area (Å²) in [4.78, 5) is 5.93. The third kappa shape index (κ3) is 1.77. The van der Waals surface area contributed by atoms with Crippen molar-refractivity contribution in [3.05, 3.63) is 0 Å². The molecule has 1 fully saturated rings. The van der Waals surface area contributed by atoms with Crippen molar-refractivity contribution >= 4 is 11.9 Å². The highest BCUT2D eigenvalue weighted by atomic mass is 16.3. The zero-order valence-electron chi connectivity index (χ0n) is 9.09. The Hall–Kier alpha value is -1.30. The molecule has 1 heterocycles. The maximum atomic E-state index is 9.76. The van der Waals surface area contributed by atoms with Crippen molar-refractivity contribution in [3.63, 3.8) is 0 Å².